The monoisotopic (exact) mass is 574 g/mol. The van der Waals surface area contributed by atoms with Gasteiger partial charge in [0.25, 0.3) is 0 Å². The van der Waals surface area contributed by atoms with E-state index in [-0.39, 0.29) is 54.3 Å². The van der Waals surface area contributed by atoms with Gasteiger partial charge in [-0.25, -0.2) is 28.4 Å². The molecule has 0 aliphatic carbocycles. The third kappa shape index (κ3) is 4.70. The largest absolute Gasteiger partial charge is 0.560 e. The molecule has 2 heterocycles. The average Bonchev–Trinajstić information content (AvgIpc) is 2.66. The Morgan fingerprint density at radius 1 is 1.19 bits per heavy atom. The van der Waals surface area contributed by atoms with E-state index in [9.17, 15) is 8.42 Å². The summed E-state index contributed by atoms with van der Waals surface area (Å²) in [7, 11) is -4.30. The van der Waals surface area contributed by atoms with Crippen molar-refractivity contribution in [1.29, 1.82) is 0 Å². The quantitative estimate of drug-likeness (QED) is 0.371. The Balaban J connectivity index is 0.00000320. The second-order valence-corrected chi connectivity index (χ2v) is 7.38. The van der Waals surface area contributed by atoms with Crippen molar-refractivity contribution in [3.8, 4) is 22.6 Å². The standard InChI is InChI=1S/C16H15N6O2S2.W/c1-9-3-4-10(26(18,23)24)7-11(9)13-8-20-15(17)14(21-13)12-5-6-19-16(22-12)25-2;/h3-8H,1-2H3,(H3-,17,18,20,23,24);/q-1;/i1D3;. The minimum absolute atomic E-state index is 0. The fourth-order valence-electron chi connectivity index (χ4n) is 2.19. The number of nitrogens with two attached hydrogens (primary N) is 1. The van der Waals surface area contributed by atoms with Crippen LogP contribution in [-0.4, -0.2) is 34.6 Å². The minimum Gasteiger partial charge on any atom is -0.560 e. The molecule has 3 N–H and O–H groups in total. The number of thioether (sulfide) groups is 1. The van der Waals surface area contributed by atoms with E-state index in [0.29, 0.717) is 10.9 Å². The van der Waals surface area contributed by atoms with E-state index in [1.54, 1.807) is 12.3 Å². The topological polar surface area (TPSA) is 136 Å². The molecule has 3 rings (SSSR count). The van der Waals surface area contributed by atoms with Crippen LogP contribution in [0.3, 0.4) is 0 Å². The van der Waals surface area contributed by atoms with Gasteiger partial charge in [-0.3, -0.25) is 0 Å². The summed E-state index contributed by atoms with van der Waals surface area (Å²) in [6.07, 6.45) is 4.59. The predicted molar refractivity (Wildman–Crippen MR) is 101 cm³/mol. The van der Waals surface area contributed by atoms with E-state index >= 15 is 0 Å². The molecule has 0 aliphatic rings. The first-order valence-corrected chi connectivity index (χ1v) is 9.86. The number of hydrogen-bond acceptors (Lipinski definition) is 8. The number of benzene rings is 1. The third-order valence-electron chi connectivity index (χ3n) is 3.44. The van der Waals surface area contributed by atoms with Gasteiger partial charge in [0.1, 0.15) is 5.69 Å². The van der Waals surface area contributed by atoms with Gasteiger partial charge in [0, 0.05) is 41.8 Å². The first kappa shape index (κ1) is 17.2. The summed E-state index contributed by atoms with van der Waals surface area (Å²) in [5.41, 5.74) is 6.52. The zero-order valence-electron chi connectivity index (χ0n) is 16.9. The zero-order valence-corrected chi connectivity index (χ0v) is 18.4. The summed E-state index contributed by atoms with van der Waals surface area (Å²) in [5, 5.41) is 7.76. The number of nitrogens with one attached hydrogen (secondary N) is 1. The number of hydrogen-bond donors (Lipinski definition) is 1. The van der Waals surface area contributed by atoms with Crippen LogP contribution in [0.4, 0.5) is 5.82 Å². The molecule has 3 aromatic rings. The van der Waals surface area contributed by atoms with Crippen molar-refractivity contribution in [2.75, 3.05) is 12.0 Å². The maximum absolute atomic E-state index is 11.6. The first-order valence-electron chi connectivity index (χ1n) is 8.65. The van der Waals surface area contributed by atoms with E-state index in [1.807, 2.05) is 0 Å². The maximum atomic E-state index is 11.6. The summed E-state index contributed by atoms with van der Waals surface area (Å²) < 4.78 is 46.5. The number of aryl methyl sites for hydroxylation is 1. The zero-order chi connectivity index (χ0) is 21.4. The molecule has 0 amide bonds. The molecule has 8 nitrogen and oxygen atoms in total. The van der Waals surface area contributed by atoms with Gasteiger partial charge in [0.2, 0.25) is 0 Å². The molecule has 0 fully saturated rings. The van der Waals surface area contributed by atoms with E-state index in [0.717, 1.165) is 18.2 Å². The molecule has 11 heteroatoms. The van der Waals surface area contributed by atoms with Gasteiger partial charge in [-0.15, -0.1) is 0 Å². The molecular weight excluding hydrogens is 556 g/mol. The second-order valence-electron chi connectivity index (χ2n) is 5.13. The minimum atomic E-state index is -4.30. The molecule has 0 saturated heterocycles. The van der Waals surface area contributed by atoms with E-state index in [4.69, 9.17) is 15.0 Å². The van der Waals surface area contributed by atoms with Gasteiger partial charge in [-0.2, -0.15) is 0 Å². The van der Waals surface area contributed by atoms with Crippen LogP contribution in [0, 0.1) is 6.85 Å². The molecular formula is C16H15N6O2S2W-. The van der Waals surface area contributed by atoms with Crippen molar-refractivity contribution in [2.45, 2.75) is 16.9 Å². The van der Waals surface area contributed by atoms with Gasteiger partial charge >= 0.3 is 0 Å². The van der Waals surface area contributed by atoms with E-state index in [2.05, 4.69) is 19.9 Å². The fourth-order valence-corrected chi connectivity index (χ4v) is 3.07. The molecule has 140 valence electrons. The fraction of sp³-hybridized carbons (Fsp3) is 0.125. The second kappa shape index (κ2) is 8.43. The summed E-state index contributed by atoms with van der Waals surface area (Å²) in [6.45, 7) is -2.54. The third-order valence-corrected chi connectivity index (χ3v) is 4.87. The maximum Gasteiger partial charge on any atom is 0.187 e. The van der Waals surface area contributed by atoms with Crippen molar-refractivity contribution >= 4 is 27.6 Å². The first-order chi connectivity index (χ1) is 13.5. The number of nitrogens with zero attached hydrogens (tertiary/aromatic N) is 4. The molecule has 0 radical (unpaired) electrons. The van der Waals surface area contributed by atoms with Crippen LogP contribution >= 0.6 is 11.8 Å². The molecule has 2 aromatic heterocycles. The molecule has 0 bridgehead atoms. The van der Waals surface area contributed by atoms with Crippen LogP contribution in [0.1, 0.15) is 9.68 Å². The van der Waals surface area contributed by atoms with Crippen LogP contribution in [0.5, 0.6) is 0 Å². The average molecular weight is 574 g/mol. The van der Waals surface area contributed by atoms with Crippen LogP contribution in [0.15, 0.2) is 46.7 Å². The van der Waals surface area contributed by atoms with Crippen molar-refractivity contribution in [3.63, 3.8) is 0 Å². The number of rotatable bonds is 4. The Kier molecular flexibility index (Phi) is 5.38. The number of aromatic nitrogens is 4. The Labute approximate surface area is 179 Å². The van der Waals surface area contributed by atoms with Gasteiger partial charge < -0.3 is 10.9 Å². The number of sulfonamides is 1. The Bertz CT molecular complexity index is 1190. The number of anilines is 1. The van der Waals surface area contributed by atoms with Crippen molar-refractivity contribution in [3.05, 3.63) is 47.4 Å². The molecule has 27 heavy (non-hydrogen) atoms. The van der Waals surface area contributed by atoms with E-state index in [1.165, 1.54) is 24.2 Å². The molecule has 0 saturated carbocycles. The summed E-state index contributed by atoms with van der Waals surface area (Å²) in [6, 6.07) is 4.91. The van der Waals surface area contributed by atoms with Gasteiger partial charge in [0.15, 0.2) is 11.0 Å². The molecule has 0 atom stereocenters. The molecule has 0 spiro atoms. The van der Waals surface area contributed by atoms with Crippen molar-refractivity contribution in [1.82, 2.24) is 19.9 Å². The van der Waals surface area contributed by atoms with Crippen LogP contribution in [0.2, 0.25) is 0 Å². The van der Waals surface area contributed by atoms with Crippen LogP contribution in [-0.2, 0) is 31.1 Å². The van der Waals surface area contributed by atoms with E-state index < -0.39 is 16.9 Å². The predicted octanol–water partition coefficient (Wildman–Crippen LogP) is 2.95. The summed E-state index contributed by atoms with van der Waals surface area (Å²) in [4.78, 5) is 16.5. The van der Waals surface area contributed by atoms with Crippen molar-refractivity contribution < 1.29 is 33.6 Å². The van der Waals surface area contributed by atoms with Gasteiger partial charge in [0.05, 0.1) is 27.6 Å². The number of nitrogen functional groups attached to an aromatic ring is 1. The van der Waals surface area contributed by atoms with Gasteiger partial charge in [-0.1, -0.05) is 17.8 Å². The molecule has 0 aliphatic heterocycles. The molecule has 1 aromatic carbocycles. The van der Waals surface area contributed by atoms with Crippen LogP contribution < -0.4 is 5.73 Å². The summed E-state index contributed by atoms with van der Waals surface area (Å²) in [5.74, 6) is 0.0687. The van der Waals surface area contributed by atoms with Crippen LogP contribution in [0.25, 0.3) is 27.8 Å². The van der Waals surface area contributed by atoms with Gasteiger partial charge in [-0.05, 0) is 36.9 Å². The normalized spacial score (nSPS) is 13.2. The Morgan fingerprint density at radius 3 is 2.63 bits per heavy atom. The van der Waals surface area contributed by atoms with Crippen molar-refractivity contribution in [2.24, 2.45) is 0 Å². The summed E-state index contributed by atoms with van der Waals surface area (Å²) >= 11 is 1.32. The Hall–Kier alpha value is -1.87. The molecule has 0 unspecified atom stereocenters. The SMILES string of the molecule is [2H]C([2H])([2H])c1ccc(S([NH-])(=O)=O)cc1-c1cnc(N)c(-c2ccnc(SC)n2)n1.[W]. The Morgan fingerprint density at radius 2 is 1.96 bits per heavy atom. The smallest absolute Gasteiger partial charge is 0.187 e.